The summed E-state index contributed by atoms with van der Waals surface area (Å²) in [6.07, 6.45) is 2.84. The van der Waals surface area contributed by atoms with Gasteiger partial charge >= 0.3 is 0 Å². The molecule has 0 atom stereocenters. The molecule has 0 aliphatic rings. The topological polar surface area (TPSA) is 51.2 Å². The van der Waals surface area contributed by atoms with Crippen molar-refractivity contribution in [1.29, 1.82) is 0 Å². The van der Waals surface area contributed by atoms with E-state index in [0.717, 1.165) is 10.9 Å². The Bertz CT molecular complexity index is 327. The second-order valence-electron chi connectivity index (χ2n) is 3.21. The van der Waals surface area contributed by atoms with Crippen molar-refractivity contribution < 1.29 is 9.53 Å². The highest BCUT2D eigenvalue weighted by Crippen LogP contribution is 2.10. The molecule has 16 heavy (non-hydrogen) atoms. The van der Waals surface area contributed by atoms with Crippen molar-refractivity contribution in [2.75, 3.05) is 18.5 Å². The number of pyridine rings is 1. The number of rotatable bonds is 6. The Morgan fingerprint density at radius 1 is 1.56 bits per heavy atom. The fourth-order valence-electron chi connectivity index (χ4n) is 1.13. The lowest BCUT2D eigenvalue weighted by Gasteiger charge is -2.04. The molecular weight excluding hydrogens is 272 g/mol. The van der Waals surface area contributed by atoms with Crippen molar-refractivity contribution in [2.24, 2.45) is 0 Å². The number of aromatic nitrogens is 1. The molecule has 0 saturated heterocycles. The molecule has 0 aliphatic heterocycles. The van der Waals surface area contributed by atoms with Gasteiger partial charge in [-0.2, -0.15) is 0 Å². The first-order valence-corrected chi connectivity index (χ1v) is 6.01. The van der Waals surface area contributed by atoms with Gasteiger partial charge in [-0.3, -0.25) is 4.79 Å². The van der Waals surface area contributed by atoms with Crippen molar-refractivity contribution in [1.82, 2.24) is 4.98 Å². The highest BCUT2D eigenvalue weighted by atomic mass is 79.9. The predicted molar refractivity (Wildman–Crippen MR) is 66.3 cm³/mol. The first kappa shape index (κ1) is 13.1. The van der Waals surface area contributed by atoms with Gasteiger partial charge in [0, 0.05) is 30.3 Å². The van der Waals surface area contributed by atoms with Crippen LogP contribution >= 0.6 is 15.9 Å². The number of halogens is 1. The molecular formula is C11H15BrN2O2. The van der Waals surface area contributed by atoms with Crippen LogP contribution in [0.25, 0.3) is 0 Å². The largest absolute Gasteiger partial charge is 0.382 e. The monoisotopic (exact) mass is 286 g/mol. The van der Waals surface area contributed by atoms with Crippen LogP contribution in [0.2, 0.25) is 0 Å². The van der Waals surface area contributed by atoms with Crippen molar-refractivity contribution in [3.8, 4) is 0 Å². The third-order valence-electron chi connectivity index (χ3n) is 1.89. The van der Waals surface area contributed by atoms with Crippen LogP contribution in [-0.2, 0) is 9.53 Å². The second-order valence-corrected chi connectivity index (χ2v) is 4.13. The van der Waals surface area contributed by atoms with Crippen molar-refractivity contribution >= 4 is 27.7 Å². The Morgan fingerprint density at radius 2 is 2.38 bits per heavy atom. The van der Waals surface area contributed by atoms with Crippen LogP contribution in [0.1, 0.15) is 19.8 Å². The standard InChI is InChI=1S/C11H15BrN2O2/c1-2-16-7-3-4-11(15)14-10-6-5-9(12)8-13-10/h5-6,8H,2-4,7H2,1H3,(H,13,14,15). The number of carbonyl (C=O) groups excluding carboxylic acids is 1. The third-order valence-corrected chi connectivity index (χ3v) is 2.36. The summed E-state index contributed by atoms with van der Waals surface area (Å²) in [6, 6.07) is 3.59. The molecule has 0 aromatic carbocycles. The van der Waals surface area contributed by atoms with E-state index in [2.05, 4.69) is 26.2 Å². The Balaban J connectivity index is 2.26. The van der Waals surface area contributed by atoms with Gasteiger partial charge in [-0.15, -0.1) is 0 Å². The Labute approximate surface area is 104 Å². The summed E-state index contributed by atoms with van der Waals surface area (Å²) in [5.74, 6) is 0.541. The normalized spacial score (nSPS) is 10.1. The Morgan fingerprint density at radius 3 is 3.00 bits per heavy atom. The minimum absolute atomic E-state index is 0.0328. The molecule has 0 bridgehead atoms. The lowest BCUT2D eigenvalue weighted by molar-refractivity contribution is -0.116. The van der Waals surface area contributed by atoms with E-state index in [9.17, 15) is 4.79 Å². The zero-order valence-corrected chi connectivity index (χ0v) is 10.8. The SMILES string of the molecule is CCOCCCC(=O)Nc1ccc(Br)cn1. The lowest BCUT2D eigenvalue weighted by Crippen LogP contribution is -2.13. The third kappa shape index (κ3) is 5.23. The van der Waals surface area contributed by atoms with Gasteiger partial charge in [-0.25, -0.2) is 4.98 Å². The molecule has 5 heteroatoms. The highest BCUT2D eigenvalue weighted by Gasteiger charge is 2.02. The summed E-state index contributed by atoms with van der Waals surface area (Å²) in [6.45, 7) is 3.25. The summed E-state index contributed by atoms with van der Waals surface area (Å²) in [5.41, 5.74) is 0. The van der Waals surface area contributed by atoms with Crippen molar-refractivity contribution in [2.45, 2.75) is 19.8 Å². The number of nitrogens with one attached hydrogen (secondary N) is 1. The van der Waals surface area contributed by atoms with Crippen molar-refractivity contribution in [3.05, 3.63) is 22.8 Å². The molecule has 1 N–H and O–H groups in total. The number of nitrogens with zero attached hydrogens (tertiary/aromatic N) is 1. The van der Waals surface area contributed by atoms with Gasteiger partial charge in [0.15, 0.2) is 0 Å². The average Bonchev–Trinajstić information content (AvgIpc) is 2.28. The molecule has 0 radical (unpaired) electrons. The maximum Gasteiger partial charge on any atom is 0.225 e. The predicted octanol–water partition coefficient (Wildman–Crippen LogP) is 2.60. The zero-order chi connectivity index (χ0) is 11.8. The maximum absolute atomic E-state index is 11.4. The first-order valence-electron chi connectivity index (χ1n) is 5.21. The van der Waals surface area contributed by atoms with E-state index in [1.807, 2.05) is 13.0 Å². The maximum atomic E-state index is 11.4. The van der Waals surface area contributed by atoms with Gasteiger partial charge in [0.2, 0.25) is 5.91 Å². The molecule has 1 rings (SSSR count). The quantitative estimate of drug-likeness (QED) is 0.818. The summed E-state index contributed by atoms with van der Waals surface area (Å²) >= 11 is 3.28. The van der Waals surface area contributed by atoms with Crippen LogP contribution < -0.4 is 5.32 Å². The van der Waals surface area contributed by atoms with Gasteiger partial charge in [0.25, 0.3) is 0 Å². The van der Waals surface area contributed by atoms with Crippen LogP contribution in [0.3, 0.4) is 0 Å². The molecule has 0 aliphatic carbocycles. The smallest absolute Gasteiger partial charge is 0.225 e. The number of amides is 1. The van der Waals surface area contributed by atoms with E-state index in [-0.39, 0.29) is 5.91 Å². The molecule has 1 amide bonds. The molecule has 0 saturated carbocycles. The number of carbonyl (C=O) groups is 1. The van der Waals surface area contributed by atoms with Crippen LogP contribution in [0.4, 0.5) is 5.82 Å². The summed E-state index contributed by atoms with van der Waals surface area (Å²) < 4.78 is 6.04. The van der Waals surface area contributed by atoms with Crippen LogP contribution in [0.5, 0.6) is 0 Å². The minimum atomic E-state index is -0.0328. The first-order chi connectivity index (χ1) is 7.72. The van der Waals surface area contributed by atoms with Crippen LogP contribution in [0.15, 0.2) is 22.8 Å². The molecule has 0 fully saturated rings. The van der Waals surface area contributed by atoms with Crippen LogP contribution in [0, 0.1) is 0 Å². The molecule has 88 valence electrons. The van der Waals surface area contributed by atoms with Gasteiger partial charge in [0.1, 0.15) is 5.82 Å². The van der Waals surface area contributed by atoms with E-state index in [1.54, 1.807) is 12.3 Å². The number of hydrogen-bond donors (Lipinski definition) is 1. The fourth-order valence-corrected chi connectivity index (χ4v) is 1.37. The van der Waals surface area contributed by atoms with E-state index in [0.29, 0.717) is 25.5 Å². The molecule has 1 heterocycles. The summed E-state index contributed by atoms with van der Waals surface area (Å²) in [5, 5.41) is 2.72. The number of ether oxygens (including phenoxy) is 1. The van der Waals surface area contributed by atoms with Crippen molar-refractivity contribution in [3.63, 3.8) is 0 Å². The average molecular weight is 287 g/mol. The van der Waals surface area contributed by atoms with E-state index in [4.69, 9.17) is 4.74 Å². The molecule has 0 unspecified atom stereocenters. The van der Waals surface area contributed by atoms with Gasteiger partial charge in [-0.05, 0) is 41.4 Å². The molecule has 0 spiro atoms. The number of anilines is 1. The Kier molecular flexibility index (Phi) is 6.03. The summed E-state index contributed by atoms with van der Waals surface area (Å²) in [4.78, 5) is 15.5. The van der Waals surface area contributed by atoms with Gasteiger partial charge in [-0.1, -0.05) is 0 Å². The van der Waals surface area contributed by atoms with Gasteiger partial charge in [0.05, 0.1) is 0 Å². The van der Waals surface area contributed by atoms with E-state index < -0.39 is 0 Å². The fraction of sp³-hybridized carbons (Fsp3) is 0.455. The highest BCUT2D eigenvalue weighted by molar-refractivity contribution is 9.10. The van der Waals surface area contributed by atoms with E-state index >= 15 is 0 Å². The van der Waals surface area contributed by atoms with E-state index in [1.165, 1.54) is 0 Å². The second kappa shape index (κ2) is 7.35. The number of hydrogen-bond acceptors (Lipinski definition) is 3. The molecule has 4 nitrogen and oxygen atoms in total. The minimum Gasteiger partial charge on any atom is -0.382 e. The molecule has 1 aromatic rings. The molecule has 1 aromatic heterocycles. The zero-order valence-electron chi connectivity index (χ0n) is 9.20. The van der Waals surface area contributed by atoms with Gasteiger partial charge < -0.3 is 10.1 Å². The summed E-state index contributed by atoms with van der Waals surface area (Å²) in [7, 11) is 0. The Hall–Kier alpha value is -0.940. The lowest BCUT2D eigenvalue weighted by atomic mass is 10.3. The van der Waals surface area contributed by atoms with Crippen LogP contribution in [-0.4, -0.2) is 24.1 Å².